The molecule has 0 spiro atoms. The lowest BCUT2D eigenvalue weighted by Gasteiger charge is -2.04. The molecule has 0 unspecified atom stereocenters. The van der Waals surface area contributed by atoms with Crippen molar-refractivity contribution in [2.75, 3.05) is 5.32 Å². The first-order chi connectivity index (χ1) is 10.2. The lowest BCUT2D eigenvalue weighted by Crippen LogP contribution is -2.11. The van der Waals surface area contributed by atoms with Crippen molar-refractivity contribution in [2.24, 2.45) is 5.73 Å². The molecule has 10 heteroatoms. The first-order valence-electron chi connectivity index (χ1n) is 5.66. The number of anilines is 2. The van der Waals surface area contributed by atoms with Crippen molar-refractivity contribution in [1.82, 2.24) is 4.98 Å². The third-order valence-electron chi connectivity index (χ3n) is 2.51. The zero-order valence-corrected chi connectivity index (χ0v) is 11.5. The highest BCUT2D eigenvalue weighted by molar-refractivity contribution is 7.17. The van der Waals surface area contributed by atoms with Crippen LogP contribution in [0.3, 0.4) is 0 Å². The van der Waals surface area contributed by atoms with Gasteiger partial charge in [-0.05, 0) is 24.3 Å². The summed E-state index contributed by atoms with van der Waals surface area (Å²) < 4.78 is 38.1. The minimum Gasteiger partial charge on any atom is -0.477 e. The lowest BCUT2D eigenvalue weighted by atomic mass is 10.2. The number of carbonyl (C=O) groups is 2. The summed E-state index contributed by atoms with van der Waals surface area (Å²) in [6.45, 7) is 0. The molecule has 0 saturated carbocycles. The van der Waals surface area contributed by atoms with Crippen molar-refractivity contribution in [3.63, 3.8) is 0 Å². The number of carbonyl (C=O) groups excluding carboxylic acids is 1. The number of thiazole rings is 1. The van der Waals surface area contributed by atoms with Crippen LogP contribution < -0.4 is 11.1 Å². The molecule has 0 radical (unpaired) electrons. The van der Waals surface area contributed by atoms with Crippen LogP contribution in [0.15, 0.2) is 24.3 Å². The van der Waals surface area contributed by atoms with Crippen LogP contribution in [0.4, 0.5) is 24.0 Å². The van der Waals surface area contributed by atoms with Crippen LogP contribution in [0.5, 0.6) is 0 Å². The number of carboxylic acids is 1. The highest BCUT2D eigenvalue weighted by Gasteiger charge is 2.39. The Morgan fingerprint density at radius 3 is 2.23 bits per heavy atom. The van der Waals surface area contributed by atoms with E-state index in [2.05, 4.69) is 10.3 Å². The van der Waals surface area contributed by atoms with E-state index in [0.29, 0.717) is 17.0 Å². The maximum absolute atomic E-state index is 12.7. The summed E-state index contributed by atoms with van der Waals surface area (Å²) in [6.07, 6.45) is -4.86. The number of nitrogens with two attached hydrogens (primary N) is 1. The Balaban J connectivity index is 2.30. The maximum atomic E-state index is 12.7. The van der Waals surface area contributed by atoms with E-state index in [0.717, 1.165) is 0 Å². The molecule has 0 fully saturated rings. The van der Waals surface area contributed by atoms with E-state index >= 15 is 0 Å². The number of alkyl halides is 3. The van der Waals surface area contributed by atoms with Gasteiger partial charge in [-0.25, -0.2) is 9.78 Å². The van der Waals surface area contributed by atoms with Gasteiger partial charge in [-0.15, -0.1) is 0 Å². The Kier molecular flexibility index (Phi) is 4.04. The average Bonchev–Trinajstić information content (AvgIpc) is 2.83. The molecular weight excluding hydrogens is 323 g/mol. The molecule has 0 aliphatic heterocycles. The zero-order chi connectivity index (χ0) is 16.5. The molecule has 22 heavy (non-hydrogen) atoms. The quantitative estimate of drug-likeness (QED) is 0.799. The van der Waals surface area contributed by atoms with Crippen LogP contribution in [-0.4, -0.2) is 22.0 Å². The third-order valence-corrected chi connectivity index (χ3v) is 3.47. The number of carboxylic acid groups (broad SMARTS) is 1. The number of aromatic carboxylic acids is 1. The van der Waals surface area contributed by atoms with Gasteiger partial charge < -0.3 is 16.2 Å². The Bertz CT molecular complexity index is 725. The number of aromatic nitrogens is 1. The van der Waals surface area contributed by atoms with Gasteiger partial charge in [-0.3, -0.25) is 4.79 Å². The van der Waals surface area contributed by atoms with E-state index in [1.54, 1.807) is 0 Å². The summed E-state index contributed by atoms with van der Waals surface area (Å²) in [5.74, 6) is -2.35. The fourth-order valence-electron chi connectivity index (χ4n) is 1.55. The van der Waals surface area contributed by atoms with Crippen LogP contribution in [0.1, 0.15) is 25.7 Å². The normalized spacial score (nSPS) is 11.2. The smallest absolute Gasteiger partial charge is 0.435 e. The highest BCUT2D eigenvalue weighted by atomic mass is 32.1. The molecule has 2 rings (SSSR count). The molecule has 1 aromatic heterocycles. The highest BCUT2D eigenvalue weighted by Crippen LogP contribution is 2.36. The van der Waals surface area contributed by atoms with E-state index in [4.69, 9.17) is 10.8 Å². The molecule has 1 amide bonds. The van der Waals surface area contributed by atoms with Crippen molar-refractivity contribution in [3.05, 3.63) is 40.4 Å². The van der Waals surface area contributed by atoms with Crippen molar-refractivity contribution >= 4 is 34.0 Å². The number of hydrogen-bond acceptors (Lipinski definition) is 5. The summed E-state index contributed by atoms with van der Waals surface area (Å²) in [5, 5.41) is 11.1. The molecule has 0 aliphatic rings. The molecule has 6 nitrogen and oxygen atoms in total. The molecule has 0 atom stereocenters. The van der Waals surface area contributed by atoms with Gasteiger partial charge in [0.15, 0.2) is 10.8 Å². The van der Waals surface area contributed by atoms with E-state index in [9.17, 15) is 22.8 Å². The van der Waals surface area contributed by atoms with Gasteiger partial charge in [0, 0.05) is 11.3 Å². The Morgan fingerprint density at radius 2 is 1.82 bits per heavy atom. The lowest BCUT2D eigenvalue weighted by molar-refractivity contribution is -0.141. The summed E-state index contributed by atoms with van der Waals surface area (Å²) in [5.41, 5.74) is 4.17. The van der Waals surface area contributed by atoms with Gasteiger partial charge >= 0.3 is 12.1 Å². The number of amides is 1. The molecule has 0 aliphatic carbocycles. The summed E-state index contributed by atoms with van der Waals surface area (Å²) >= 11 is 0.366. The number of nitrogens with zero attached hydrogens (tertiary/aromatic N) is 1. The van der Waals surface area contributed by atoms with E-state index in [-0.39, 0.29) is 10.7 Å². The molecule has 4 N–H and O–H groups in total. The van der Waals surface area contributed by atoms with Gasteiger partial charge in [0.1, 0.15) is 4.88 Å². The maximum Gasteiger partial charge on any atom is 0.435 e. The van der Waals surface area contributed by atoms with Crippen LogP contribution in [0, 0.1) is 0 Å². The van der Waals surface area contributed by atoms with Gasteiger partial charge in [0.25, 0.3) is 0 Å². The minimum atomic E-state index is -4.86. The van der Waals surface area contributed by atoms with E-state index in [1.807, 2.05) is 0 Å². The van der Waals surface area contributed by atoms with Crippen molar-refractivity contribution in [2.45, 2.75) is 6.18 Å². The predicted molar refractivity (Wildman–Crippen MR) is 72.3 cm³/mol. The second kappa shape index (κ2) is 5.64. The largest absolute Gasteiger partial charge is 0.477 e. The molecule has 116 valence electrons. The summed E-state index contributed by atoms with van der Waals surface area (Å²) in [4.78, 5) is 24.1. The molecular formula is C12H8F3N3O3S. The topological polar surface area (TPSA) is 105 Å². The first kappa shape index (κ1) is 15.8. The van der Waals surface area contributed by atoms with E-state index < -0.39 is 28.6 Å². The third kappa shape index (κ3) is 3.34. The van der Waals surface area contributed by atoms with Crippen LogP contribution in [0.25, 0.3) is 0 Å². The first-order valence-corrected chi connectivity index (χ1v) is 6.48. The Morgan fingerprint density at radius 1 is 1.23 bits per heavy atom. The number of nitrogens with one attached hydrogen (secondary N) is 1. The second-order valence-electron chi connectivity index (χ2n) is 4.07. The van der Waals surface area contributed by atoms with Gasteiger partial charge in [-0.2, -0.15) is 13.2 Å². The monoisotopic (exact) mass is 331 g/mol. The molecule has 1 heterocycles. The zero-order valence-electron chi connectivity index (χ0n) is 10.6. The van der Waals surface area contributed by atoms with Crippen LogP contribution in [-0.2, 0) is 6.18 Å². The fourth-order valence-corrected chi connectivity index (χ4v) is 2.40. The summed E-state index contributed by atoms with van der Waals surface area (Å²) in [7, 11) is 0. The predicted octanol–water partition coefficient (Wildman–Crippen LogP) is 2.70. The van der Waals surface area contributed by atoms with Crippen molar-refractivity contribution < 1.29 is 27.9 Å². The molecule has 1 aromatic carbocycles. The number of rotatable bonds is 4. The minimum absolute atomic E-state index is 0.225. The van der Waals surface area contributed by atoms with E-state index in [1.165, 1.54) is 24.3 Å². The summed E-state index contributed by atoms with van der Waals surface area (Å²) in [6, 6.07) is 5.58. The van der Waals surface area contributed by atoms with Gasteiger partial charge in [0.05, 0.1) is 0 Å². The fraction of sp³-hybridized carbons (Fsp3) is 0.0833. The number of hydrogen-bond donors (Lipinski definition) is 3. The molecule has 2 aromatic rings. The molecule has 0 saturated heterocycles. The van der Waals surface area contributed by atoms with Gasteiger partial charge in [0.2, 0.25) is 5.91 Å². The average molecular weight is 331 g/mol. The van der Waals surface area contributed by atoms with Gasteiger partial charge in [-0.1, -0.05) is 11.3 Å². The van der Waals surface area contributed by atoms with Crippen molar-refractivity contribution in [1.29, 1.82) is 0 Å². The number of halogens is 3. The second-order valence-corrected chi connectivity index (χ2v) is 5.07. The Hall–Kier alpha value is -2.62. The van der Waals surface area contributed by atoms with Crippen molar-refractivity contribution in [3.8, 4) is 0 Å². The SMILES string of the molecule is NC(=O)c1ccc(Nc2nc(C(F)(F)F)c(C(=O)O)s2)cc1. The number of primary amides is 1. The number of benzene rings is 1. The standard InChI is InChI=1S/C12H8F3N3O3S/c13-12(14,15)8-7(10(20)21)22-11(18-8)17-6-3-1-5(2-4-6)9(16)19/h1-4H,(H2,16,19)(H,17,18)(H,20,21). The van der Waals surface area contributed by atoms with Crippen LogP contribution in [0.2, 0.25) is 0 Å². The Labute approximate surface area is 125 Å². The van der Waals surface area contributed by atoms with Crippen LogP contribution >= 0.6 is 11.3 Å². The molecule has 0 bridgehead atoms.